The minimum atomic E-state index is -0.832. The Morgan fingerprint density at radius 3 is 2.50 bits per heavy atom. The highest BCUT2D eigenvalue weighted by Gasteiger charge is 2.14. The zero-order chi connectivity index (χ0) is 18.5. The van der Waals surface area contributed by atoms with E-state index in [0.29, 0.717) is 6.54 Å². The van der Waals surface area contributed by atoms with Crippen LogP contribution in [0.2, 0.25) is 0 Å². The van der Waals surface area contributed by atoms with Crippen LogP contribution in [0.25, 0.3) is 0 Å². The van der Waals surface area contributed by atoms with E-state index in [1.54, 1.807) is 12.3 Å². The summed E-state index contributed by atoms with van der Waals surface area (Å²) < 4.78 is 26.7. The minimum absolute atomic E-state index is 0.0859. The molecule has 0 fully saturated rings. The average molecular weight is 353 g/mol. The molecule has 1 N–H and O–H groups in total. The number of para-hydroxylation sites is 1. The Morgan fingerprint density at radius 1 is 1.04 bits per heavy atom. The number of hydrogen-bond acceptors (Lipinski definition) is 3. The maximum Gasteiger partial charge on any atom is 0.257 e. The molecule has 0 aliphatic carbocycles. The molecule has 3 aromatic rings. The molecular weight excluding hydrogens is 336 g/mol. The van der Waals surface area contributed by atoms with Gasteiger partial charge in [0.25, 0.3) is 5.91 Å². The van der Waals surface area contributed by atoms with Gasteiger partial charge in [0, 0.05) is 24.5 Å². The molecule has 0 saturated heterocycles. The Hall–Kier alpha value is -3.28. The highest BCUT2D eigenvalue weighted by atomic mass is 19.1. The van der Waals surface area contributed by atoms with Crippen LogP contribution in [0.15, 0.2) is 67.0 Å². The van der Waals surface area contributed by atoms with Crippen LogP contribution in [0.1, 0.15) is 17.3 Å². The van der Waals surface area contributed by atoms with Gasteiger partial charge in [-0.1, -0.05) is 18.2 Å². The summed E-state index contributed by atoms with van der Waals surface area (Å²) >= 11 is 0. The van der Waals surface area contributed by atoms with Crippen LogP contribution in [0, 0.1) is 11.6 Å². The molecule has 3 rings (SSSR count). The van der Waals surface area contributed by atoms with Crippen LogP contribution in [-0.4, -0.2) is 17.4 Å². The van der Waals surface area contributed by atoms with E-state index >= 15 is 0 Å². The van der Waals surface area contributed by atoms with Gasteiger partial charge in [-0.25, -0.2) is 8.78 Å². The Kier molecular flexibility index (Phi) is 5.22. The van der Waals surface area contributed by atoms with Crippen molar-refractivity contribution in [1.29, 1.82) is 0 Å². The molecule has 0 aliphatic rings. The summed E-state index contributed by atoms with van der Waals surface area (Å²) in [5.74, 6) is -2.05. The van der Waals surface area contributed by atoms with Crippen molar-refractivity contribution in [3.8, 4) is 0 Å². The molecule has 26 heavy (non-hydrogen) atoms. The molecule has 0 unspecified atom stereocenters. The predicted molar refractivity (Wildman–Crippen MR) is 97.7 cm³/mol. The number of nitrogens with zero attached hydrogens (tertiary/aromatic N) is 2. The highest BCUT2D eigenvalue weighted by Crippen LogP contribution is 2.25. The first-order valence-electron chi connectivity index (χ1n) is 8.12. The van der Waals surface area contributed by atoms with E-state index in [1.807, 2.05) is 42.2 Å². The normalized spacial score (nSPS) is 10.4. The van der Waals surface area contributed by atoms with Gasteiger partial charge in [0.05, 0.1) is 23.1 Å². The van der Waals surface area contributed by atoms with Crippen LogP contribution in [0.5, 0.6) is 0 Å². The van der Waals surface area contributed by atoms with Gasteiger partial charge in [-0.05, 0) is 37.3 Å². The SMILES string of the molecule is CCN(c1ccccc1)c1cncc(C(=O)Nc2ccc(F)cc2F)c1. The number of nitrogens with one attached hydrogen (secondary N) is 1. The van der Waals surface area contributed by atoms with Crippen molar-refractivity contribution in [2.24, 2.45) is 0 Å². The predicted octanol–water partition coefficient (Wildman–Crippen LogP) is 4.77. The maximum absolute atomic E-state index is 13.7. The lowest BCUT2D eigenvalue weighted by Crippen LogP contribution is -2.18. The summed E-state index contributed by atoms with van der Waals surface area (Å²) in [6, 6.07) is 14.4. The van der Waals surface area contributed by atoms with Gasteiger partial charge in [-0.15, -0.1) is 0 Å². The van der Waals surface area contributed by atoms with Crippen LogP contribution in [0.3, 0.4) is 0 Å². The van der Waals surface area contributed by atoms with Gasteiger partial charge in [-0.2, -0.15) is 0 Å². The van der Waals surface area contributed by atoms with E-state index in [2.05, 4.69) is 10.3 Å². The molecule has 1 aromatic heterocycles. The number of carbonyl (C=O) groups is 1. The van der Waals surface area contributed by atoms with Gasteiger partial charge in [0.1, 0.15) is 11.6 Å². The fraction of sp³-hybridized carbons (Fsp3) is 0.100. The first kappa shape index (κ1) is 17.5. The second-order valence-corrected chi connectivity index (χ2v) is 5.59. The number of hydrogen-bond donors (Lipinski definition) is 1. The summed E-state index contributed by atoms with van der Waals surface area (Å²) in [7, 11) is 0. The Bertz CT molecular complexity index is 916. The summed E-state index contributed by atoms with van der Waals surface area (Å²) in [5, 5.41) is 2.44. The first-order chi connectivity index (χ1) is 12.6. The summed E-state index contributed by atoms with van der Waals surface area (Å²) in [6.07, 6.45) is 3.06. The third-order valence-electron chi connectivity index (χ3n) is 3.86. The topological polar surface area (TPSA) is 45.2 Å². The molecular formula is C20H17F2N3O. The first-order valence-corrected chi connectivity index (χ1v) is 8.12. The number of pyridine rings is 1. The number of amides is 1. The van der Waals surface area contributed by atoms with Crippen molar-refractivity contribution in [2.75, 3.05) is 16.8 Å². The smallest absolute Gasteiger partial charge is 0.257 e. The lowest BCUT2D eigenvalue weighted by molar-refractivity contribution is 0.102. The molecule has 132 valence electrons. The van der Waals surface area contributed by atoms with Crippen molar-refractivity contribution in [1.82, 2.24) is 4.98 Å². The van der Waals surface area contributed by atoms with E-state index in [4.69, 9.17) is 0 Å². The van der Waals surface area contributed by atoms with Crippen molar-refractivity contribution >= 4 is 23.0 Å². The van der Waals surface area contributed by atoms with E-state index in [0.717, 1.165) is 23.5 Å². The van der Waals surface area contributed by atoms with Gasteiger partial charge < -0.3 is 10.2 Å². The van der Waals surface area contributed by atoms with Crippen LogP contribution in [0.4, 0.5) is 25.8 Å². The van der Waals surface area contributed by atoms with E-state index in [9.17, 15) is 13.6 Å². The number of carbonyl (C=O) groups excluding carboxylic acids is 1. The van der Waals surface area contributed by atoms with Gasteiger partial charge in [-0.3, -0.25) is 9.78 Å². The zero-order valence-corrected chi connectivity index (χ0v) is 14.1. The van der Waals surface area contributed by atoms with Crippen molar-refractivity contribution in [2.45, 2.75) is 6.92 Å². The molecule has 0 spiro atoms. The average Bonchev–Trinajstić information content (AvgIpc) is 2.66. The maximum atomic E-state index is 13.7. The second kappa shape index (κ2) is 7.74. The van der Waals surface area contributed by atoms with Crippen molar-refractivity contribution in [3.05, 3.63) is 84.2 Å². The highest BCUT2D eigenvalue weighted by molar-refractivity contribution is 6.04. The van der Waals surface area contributed by atoms with E-state index in [-0.39, 0.29) is 11.3 Å². The van der Waals surface area contributed by atoms with Gasteiger partial charge >= 0.3 is 0 Å². The largest absolute Gasteiger partial charge is 0.340 e. The Morgan fingerprint density at radius 2 is 1.81 bits per heavy atom. The Labute approximate surface area is 150 Å². The van der Waals surface area contributed by atoms with Crippen molar-refractivity contribution < 1.29 is 13.6 Å². The summed E-state index contributed by atoms with van der Waals surface area (Å²) in [4.78, 5) is 18.5. The standard InChI is InChI=1S/C20H17F2N3O/c1-2-25(16-6-4-3-5-7-16)17-10-14(12-23-13-17)20(26)24-19-9-8-15(21)11-18(19)22/h3-13H,2H2,1H3,(H,24,26). The molecule has 0 radical (unpaired) electrons. The lowest BCUT2D eigenvalue weighted by atomic mass is 10.2. The fourth-order valence-corrected chi connectivity index (χ4v) is 2.61. The van der Waals surface area contributed by atoms with Crippen LogP contribution < -0.4 is 10.2 Å². The third-order valence-corrected chi connectivity index (χ3v) is 3.86. The molecule has 0 aliphatic heterocycles. The third kappa shape index (κ3) is 3.85. The molecule has 6 heteroatoms. The van der Waals surface area contributed by atoms with Gasteiger partial charge in [0.15, 0.2) is 0 Å². The van der Waals surface area contributed by atoms with Crippen molar-refractivity contribution in [3.63, 3.8) is 0 Å². The second-order valence-electron chi connectivity index (χ2n) is 5.59. The Balaban J connectivity index is 1.85. The number of halogens is 2. The molecule has 0 saturated carbocycles. The molecule has 4 nitrogen and oxygen atoms in total. The van der Waals surface area contributed by atoms with Gasteiger partial charge in [0.2, 0.25) is 0 Å². The minimum Gasteiger partial charge on any atom is -0.340 e. The quantitative estimate of drug-likeness (QED) is 0.719. The van der Waals surface area contributed by atoms with Crippen LogP contribution >= 0.6 is 0 Å². The molecule has 2 aromatic carbocycles. The molecule has 0 atom stereocenters. The van der Waals surface area contributed by atoms with E-state index in [1.165, 1.54) is 12.3 Å². The summed E-state index contributed by atoms with van der Waals surface area (Å²) in [6.45, 7) is 2.68. The number of benzene rings is 2. The molecule has 0 bridgehead atoms. The lowest BCUT2D eigenvalue weighted by Gasteiger charge is -2.23. The zero-order valence-electron chi connectivity index (χ0n) is 14.1. The number of aromatic nitrogens is 1. The summed E-state index contributed by atoms with van der Waals surface area (Å²) in [5.41, 5.74) is 1.91. The number of anilines is 3. The van der Waals surface area contributed by atoms with Crippen LogP contribution in [-0.2, 0) is 0 Å². The monoisotopic (exact) mass is 353 g/mol. The molecule has 1 heterocycles. The van der Waals surface area contributed by atoms with E-state index < -0.39 is 17.5 Å². The number of rotatable bonds is 5. The fourth-order valence-electron chi connectivity index (χ4n) is 2.61. The molecule has 1 amide bonds.